The van der Waals surface area contributed by atoms with E-state index in [0.29, 0.717) is 34.2 Å². The summed E-state index contributed by atoms with van der Waals surface area (Å²) in [6, 6.07) is 9.88. The predicted octanol–water partition coefficient (Wildman–Crippen LogP) is 3.71. The molecule has 0 radical (unpaired) electrons. The first-order valence-corrected chi connectivity index (χ1v) is 9.04. The van der Waals surface area contributed by atoms with Gasteiger partial charge in [-0.15, -0.1) is 11.3 Å². The van der Waals surface area contributed by atoms with Gasteiger partial charge < -0.3 is 9.26 Å². The molecule has 0 saturated heterocycles. The molecule has 0 aliphatic rings. The third-order valence-corrected chi connectivity index (χ3v) is 4.61. The van der Waals surface area contributed by atoms with Crippen LogP contribution in [0.5, 0.6) is 0 Å². The van der Waals surface area contributed by atoms with Gasteiger partial charge in [0.25, 0.3) is 0 Å². The normalized spacial score (nSPS) is 12.0. The van der Waals surface area contributed by atoms with Crippen LogP contribution in [0.3, 0.4) is 0 Å². The average Bonchev–Trinajstić information content (AvgIpc) is 3.23. The number of nitrogens with zero attached hydrogens (tertiary/aromatic N) is 3. The maximum absolute atomic E-state index is 12.3. The Hall–Kier alpha value is -2.93. The molecule has 0 saturated carbocycles. The highest BCUT2D eigenvalue weighted by Gasteiger charge is 2.22. The predicted molar refractivity (Wildman–Crippen MR) is 101 cm³/mol. The number of hydrogen-bond acceptors (Lipinski definition) is 6. The number of esters is 1. The molecule has 0 fully saturated rings. The molecule has 0 amide bonds. The van der Waals surface area contributed by atoms with Gasteiger partial charge >= 0.3 is 5.97 Å². The van der Waals surface area contributed by atoms with Crippen LogP contribution in [0.4, 0.5) is 0 Å². The van der Waals surface area contributed by atoms with Crippen molar-refractivity contribution in [1.82, 2.24) is 9.72 Å². The monoisotopic (exact) mass is 369 g/mol. The Balaban J connectivity index is 2.11. The van der Waals surface area contributed by atoms with Crippen molar-refractivity contribution in [3.05, 3.63) is 63.2 Å². The molecule has 6 nitrogen and oxygen atoms in total. The van der Waals surface area contributed by atoms with Crippen molar-refractivity contribution < 1.29 is 14.1 Å². The molecule has 134 valence electrons. The third kappa shape index (κ3) is 3.52. The van der Waals surface area contributed by atoms with Gasteiger partial charge in [-0.3, -0.25) is 9.56 Å². The lowest BCUT2D eigenvalue weighted by molar-refractivity contribution is 0.0516. The highest BCUT2D eigenvalue weighted by atomic mass is 32.1. The average molecular weight is 369 g/mol. The van der Waals surface area contributed by atoms with Gasteiger partial charge in [-0.2, -0.15) is 0 Å². The van der Waals surface area contributed by atoms with Crippen LogP contribution < -0.4 is 4.80 Å². The van der Waals surface area contributed by atoms with Crippen LogP contribution in [-0.4, -0.2) is 29.3 Å². The molecule has 0 aliphatic heterocycles. The number of thiazole rings is 1. The number of rotatable bonds is 5. The quantitative estimate of drug-likeness (QED) is 0.643. The van der Waals surface area contributed by atoms with Gasteiger partial charge in [0.05, 0.1) is 6.61 Å². The van der Waals surface area contributed by atoms with Crippen molar-refractivity contribution in [1.29, 1.82) is 0 Å². The first-order chi connectivity index (χ1) is 12.7. The number of aryl methyl sites for hydroxylation is 1. The number of carbonyl (C=O) groups is 1. The number of hydrogen-bond donors (Lipinski definition) is 0. The molecule has 0 bridgehead atoms. The number of ether oxygens (including phenoxy) is 1. The summed E-state index contributed by atoms with van der Waals surface area (Å²) in [5.74, 6) is 0.141. The van der Waals surface area contributed by atoms with Gasteiger partial charge in [0.2, 0.25) is 0 Å². The van der Waals surface area contributed by atoms with Crippen molar-refractivity contribution in [2.24, 2.45) is 4.99 Å². The van der Waals surface area contributed by atoms with E-state index in [4.69, 9.17) is 9.26 Å². The lowest BCUT2D eigenvalue weighted by Gasteiger charge is -2.07. The van der Waals surface area contributed by atoms with E-state index in [1.807, 2.05) is 49.4 Å². The Labute approximate surface area is 155 Å². The number of aromatic nitrogens is 2. The third-order valence-electron chi connectivity index (χ3n) is 3.69. The number of benzene rings is 1. The SMILES string of the molecule is CCOC(=O)c1csc(=NC)n1-c1c(C)noc1/C=C/c1ccccc1. The van der Waals surface area contributed by atoms with Crippen molar-refractivity contribution >= 4 is 29.5 Å². The van der Waals surface area contributed by atoms with Crippen molar-refractivity contribution in [2.75, 3.05) is 13.7 Å². The lowest BCUT2D eigenvalue weighted by Crippen LogP contribution is -2.20. The van der Waals surface area contributed by atoms with Gasteiger partial charge in [-0.1, -0.05) is 41.6 Å². The first kappa shape index (κ1) is 17.9. The Kier molecular flexibility index (Phi) is 5.48. The molecular formula is C19H19N3O3S. The summed E-state index contributed by atoms with van der Waals surface area (Å²) < 4.78 is 12.4. The van der Waals surface area contributed by atoms with Crippen molar-refractivity contribution in [2.45, 2.75) is 13.8 Å². The minimum absolute atomic E-state index is 0.302. The highest BCUT2D eigenvalue weighted by molar-refractivity contribution is 7.07. The minimum Gasteiger partial charge on any atom is -0.461 e. The van der Waals surface area contributed by atoms with Gasteiger partial charge in [0.1, 0.15) is 17.1 Å². The van der Waals surface area contributed by atoms with Crippen LogP contribution in [0.2, 0.25) is 0 Å². The standard InChI is InChI=1S/C19H19N3O3S/c1-4-24-18(23)15-12-26-19(20-3)22(15)17-13(2)21-25-16(17)11-10-14-8-6-5-7-9-14/h5-12H,4H2,1-3H3/b11-10+,20-19?. The molecule has 0 atom stereocenters. The first-order valence-electron chi connectivity index (χ1n) is 8.16. The number of carbonyl (C=O) groups excluding carboxylic acids is 1. The van der Waals surface area contributed by atoms with E-state index in [9.17, 15) is 4.79 Å². The van der Waals surface area contributed by atoms with Crippen molar-refractivity contribution in [3.8, 4) is 5.69 Å². The molecule has 0 unspecified atom stereocenters. The molecule has 26 heavy (non-hydrogen) atoms. The van der Waals surface area contributed by atoms with Gasteiger partial charge in [0.15, 0.2) is 10.6 Å². The van der Waals surface area contributed by atoms with Gasteiger partial charge in [0, 0.05) is 12.4 Å². The Morgan fingerprint density at radius 1 is 1.35 bits per heavy atom. The summed E-state index contributed by atoms with van der Waals surface area (Å²) in [5, 5.41) is 5.80. The van der Waals surface area contributed by atoms with E-state index in [1.165, 1.54) is 11.3 Å². The molecule has 0 N–H and O–H groups in total. The smallest absolute Gasteiger partial charge is 0.356 e. The molecule has 3 aromatic rings. The Bertz CT molecular complexity index is 997. The van der Waals surface area contributed by atoms with Crippen LogP contribution in [0.1, 0.15) is 34.4 Å². The second-order valence-electron chi connectivity index (χ2n) is 5.41. The molecule has 0 spiro atoms. The second-order valence-corrected chi connectivity index (χ2v) is 6.24. The molecule has 2 heterocycles. The fourth-order valence-electron chi connectivity index (χ4n) is 2.53. The van der Waals surface area contributed by atoms with Gasteiger partial charge in [-0.25, -0.2) is 4.79 Å². The van der Waals surface area contributed by atoms with E-state index in [0.717, 1.165) is 5.56 Å². The molecule has 3 rings (SSSR count). The molecule has 0 aliphatic carbocycles. The van der Waals surface area contributed by atoms with E-state index in [2.05, 4.69) is 10.1 Å². The van der Waals surface area contributed by atoms with Crippen molar-refractivity contribution in [3.63, 3.8) is 0 Å². The summed E-state index contributed by atoms with van der Waals surface area (Å²) in [6.07, 6.45) is 3.77. The summed E-state index contributed by atoms with van der Waals surface area (Å²) in [7, 11) is 1.68. The zero-order valence-electron chi connectivity index (χ0n) is 14.8. The fraction of sp³-hybridized carbons (Fsp3) is 0.211. The summed E-state index contributed by atoms with van der Waals surface area (Å²) in [6.45, 7) is 3.91. The van der Waals surface area contributed by atoms with E-state index in [-0.39, 0.29) is 0 Å². The minimum atomic E-state index is -0.405. The topological polar surface area (TPSA) is 69.6 Å². The van der Waals surface area contributed by atoms with E-state index < -0.39 is 5.97 Å². The van der Waals surface area contributed by atoms with Crippen LogP contribution in [-0.2, 0) is 4.74 Å². The van der Waals surface area contributed by atoms with Gasteiger partial charge in [-0.05, 0) is 25.5 Å². The Morgan fingerprint density at radius 2 is 2.12 bits per heavy atom. The maximum Gasteiger partial charge on any atom is 0.356 e. The highest BCUT2D eigenvalue weighted by Crippen LogP contribution is 2.23. The Morgan fingerprint density at radius 3 is 2.81 bits per heavy atom. The molecule has 7 heteroatoms. The molecule has 1 aromatic carbocycles. The van der Waals surface area contributed by atoms with Crippen LogP contribution >= 0.6 is 11.3 Å². The summed E-state index contributed by atoms with van der Waals surface area (Å²) in [4.78, 5) is 17.3. The van der Waals surface area contributed by atoms with Crippen LogP contribution in [0.25, 0.3) is 17.8 Å². The molecule has 2 aromatic heterocycles. The molecular weight excluding hydrogens is 350 g/mol. The second kappa shape index (κ2) is 7.97. The fourth-order valence-corrected chi connectivity index (χ4v) is 3.35. The largest absolute Gasteiger partial charge is 0.461 e. The zero-order valence-corrected chi connectivity index (χ0v) is 15.6. The summed E-state index contributed by atoms with van der Waals surface area (Å²) in [5.41, 5.74) is 2.78. The van der Waals surface area contributed by atoms with Crippen LogP contribution in [0.15, 0.2) is 45.2 Å². The van der Waals surface area contributed by atoms with Crippen LogP contribution in [0, 0.1) is 6.92 Å². The zero-order chi connectivity index (χ0) is 18.5. The maximum atomic E-state index is 12.3. The van der Waals surface area contributed by atoms with E-state index in [1.54, 1.807) is 23.9 Å². The summed E-state index contributed by atoms with van der Waals surface area (Å²) >= 11 is 1.36. The lowest BCUT2D eigenvalue weighted by atomic mass is 10.2. The van der Waals surface area contributed by atoms with E-state index >= 15 is 0 Å².